The summed E-state index contributed by atoms with van der Waals surface area (Å²) in [5.74, 6) is -0.191. The molecule has 6 heteroatoms. The van der Waals surface area contributed by atoms with Crippen LogP contribution in [0.25, 0.3) is 0 Å². The minimum absolute atomic E-state index is 0.0465. The van der Waals surface area contributed by atoms with E-state index in [1.807, 2.05) is 0 Å². The molecule has 0 aliphatic rings. The molecule has 1 aromatic rings. The molecular formula is C12H16ClNO3S. The molecule has 18 heavy (non-hydrogen) atoms. The minimum atomic E-state index is -0.574. The number of hydrogen-bond donors (Lipinski definition) is 0. The first kappa shape index (κ1) is 15.0. The molecule has 0 aliphatic heterocycles. The number of carbonyl (C=O) groups excluding carboxylic acids is 2. The third-order valence-corrected chi connectivity index (χ3v) is 3.34. The Morgan fingerprint density at radius 3 is 2.50 bits per heavy atom. The van der Waals surface area contributed by atoms with Crippen LogP contribution in [-0.4, -0.2) is 36.0 Å². The predicted octanol–water partition coefficient (Wildman–Crippen LogP) is 3.45. The number of halogens is 1. The van der Waals surface area contributed by atoms with Gasteiger partial charge in [0.15, 0.2) is 5.78 Å². The van der Waals surface area contributed by atoms with Crippen LogP contribution in [0.4, 0.5) is 4.79 Å². The Bertz CT molecular complexity index is 450. The van der Waals surface area contributed by atoms with Gasteiger partial charge >= 0.3 is 6.09 Å². The van der Waals surface area contributed by atoms with Crippen LogP contribution in [0.15, 0.2) is 11.4 Å². The lowest BCUT2D eigenvalue weighted by molar-refractivity contribution is 0.0295. The van der Waals surface area contributed by atoms with Gasteiger partial charge in [0.1, 0.15) is 5.60 Å². The summed E-state index contributed by atoms with van der Waals surface area (Å²) in [4.78, 5) is 25.3. The van der Waals surface area contributed by atoms with Crippen molar-refractivity contribution in [2.24, 2.45) is 0 Å². The SMILES string of the molecule is CN(CC(=O)c1sccc1Cl)C(=O)OC(C)(C)C. The van der Waals surface area contributed by atoms with Gasteiger partial charge in [-0.25, -0.2) is 4.79 Å². The molecule has 0 aromatic carbocycles. The molecule has 0 fully saturated rings. The molecule has 0 aliphatic carbocycles. The number of hydrogen-bond acceptors (Lipinski definition) is 4. The molecule has 0 atom stereocenters. The summed E-state index contributed by atoms with van der Waals surface area (Å²) in [6.07, 6.45) is -0.525. The standard InChI is InChI=1S/C12H16ClNO3S/c1-12(2,3)17-11(16)14(4)7-9(15)10-8(13)5-6-18-10/h5-6H,7H2,1-4H3. The Balaban J connectivity index is 2.60. The molecule has 1 aromatic heterocycles. The number of likely N-dealkylation sites (N-methyl/N-ethyl adjacent to an activating group) is 1. The van der Waals surface area contributed by atoms with Gasteiger partial charge in [0.25, 0.3) is 0 Å². The molecule has 0 spiro atoms. The first-order valence-corrected chi connectivity index (χ1v) is 6.67. The quantitative estimate of drug-likeness (QED) is 0.801. The van der Waals surface area contributed by atoms with Crippen LogP contribution in [0.5, 0.6) is 0 Å². The molecule has 1 amide bonds. The lowest BCUT2D eigenvalue weighted by atomic mass is 10.2. The third kappa shape index (κ3) is 4.31. The number of nitrogens with zero attached hydrogens (tertiary/aromatic N) is 1. The minimum Gasteiger partial charge on any atom is -0.444 e. The van der Waals surface area contributed by atoms with Gasteiger partial charge in [0.2, 0.25) is 0 Å². The van der Waals surface area contributed by atoms with Gasteiger partial charge in [-0.1, -0.05) is 11.6 Å². The molecule has 1 heterocycles. The summed E-state index contributed by atoms with van der Waals surface area (Å²) in [5, 5.41) is 2.16. The number of ketones is 1. The average Bonchev–Trinajstić information content (AvgIpc) is 2.61. The highest BCUT2D eigenvalue weighted by molar-refractivity contribution is 7.12. The van der Waals surface area contributed by atoms with E-state index in [1.54, 1.807) is 32.2 Å². The van der Waals surface area contributed by atoms with E-state index >= 15 is 0 Å². The van der Waals surface area contributed by atoms with Gasteiger partial charge in [-0.15, -0.1) is 11.3 Å². The zero-order valence-corrected chi connectivity index (χ0v) is 12.4. The second kappa shape index (κ2) is 5.71. The number of ether oxygens (including phenoxy) is 1. The van der Waals surface area contributed by atoms with Gasteiger partial charge in [0.05, 0.1) is 16.4 Å². The van der Waals surface area contributed by atoms with Crippen molar-refractivity contribution in [3.63, 3.8) is 0 Å². The molecule has 0 saturated heterocycles. The first-order valence-electron chi connectivity index (χ1n) is 5.41. The van der Waals surface area contributed by atoms with Crippen LogP contribution in [0.3, 0.4) is 0 Å². The highest BCUT2D eigenvalue weighted by Gasteiger charge is 2.22. The largest absolute Gasteiger partial charge is 0.444 e. The topological polar surface area (TPSA) is 46.6 Å². The van der Waals surface area contributed by atoms with E-state index in [0.29, 0.717) is 9.90 Å². The van der Waals surface area contributed by atoms with E-state index in [0.717, 1.165) is 0 Å². The monoisotopic (exact) mass is 289 g/mol. The number of rotatable bonds is 3. The highest BCUT2D eigenvalue weighted by atomic mass is 35.5. The van der Waals surface area contributed by atoms with Crippen molar-refractivity contribution in [2.75, 3.05) is 13.6 Å². The van der Waals surface area contributed by atoms with Crippen molar-refractivity contribution >= 4 is 34.8 Å². The number of amides is 1. The summed E-state index contributed by atoms with van der Waals surface area (Å²) in [6, 6.07) is 1.66. The summed E-state index contributed by atoms with van der Waals surface area (Å²) in [5.41, 5.74) is -0.574. The highest BCUT2D eigenvalue weighted by Crippen LogP contribution is 2.22. The van der Waals surface area contributed by atoms with Gasteiger partial charge in [0, 0.05) is 7.05 Å². The molecule has 0 saturated carbocycles. The maximum atomic E-state index is 11.9. The molecule has 1 rings (SSSR count). The van der Waals surface area contributed by atoms with E-state index in [2.05, 4.69) is 0 Å². The van der Waals surface area contributed by atoms with Crippen molar-refractivity contribution in [3.8, 4) is 0 Å². The summed E-state index contributed by atoms with van der Waals surface area (Å²) in [7, 11) is 1.52. The Labute approximate surface area is 115 Å². The van der Waals surface area contributed by atoms with E-state index in [-0.39, 0.29) is 12.3 Å². The Kier molecular flexibility index (Phi) is 4.76. The second-order valence-electron chi connectivity index (χ2n) is 4.86. The van der Waals surface area contributed by atoms with E-state index in [4.69, 9.17) is 16.3 Å². The van der Waals surface area contributed by atoms with Crippen LogP contribution in [0.1, 0.15) is 30.4 Å². The average molecular weight is 290 g/mol. The van der Waals surface area contributed by atoms with Gasteiger partial charge in [-0.2, -0.15) is 0 Å². The fourth-order valence-corrected chi connectivity index (χ4v) is 2.28. The summed E-state index contributed by atoms with van der Waals surface area (Å²) >= 11 is 7.12. The van der Waals surface area contributed by atoms with E-state index in [9.17, 15) is 9.59 Å². The third-order valence-electron chi connectivity index (χ3n) is 1.96. The number of carbonyl (C=O) groups is 2. The van der Waals surface area contributed by atoms with Crippen molar-refractivity contribution in [1.82, 2.24) is 4.90 Å². The van der Waals surface area contributed by atoms with Crippen molar-refractivity contribution in [1.29, 1.82) is 0 Å². The van der Waals surface area contributed by atoms with Crippen LogP contribution < -0.4 is 0 Å². The maximum absolute atomic E-state index is 11.9. The fraction of sp³-hybridized carbons (Fsp3) is 0.500. The van der Waals surface area contributed by atoms with Gasteiger partial charge < -0.3 is 9.64 Å². The van der Waals surface area contributed by atoms with Gasteiger partial charge in [-0.3, -0.25) is 4.79 Å². The van der Waals surface area contributed by atoms with Crippen LogP contribution in [0.2, 0.25) is 5.02 Å². The summed E-state index contributed by atoms with van der Waals surface area (Å²) in [6.45, 7) is 5.28. The Morgan fingerprint density at radius 1 is 1.44 bits per heavy atom. The number of thiophene rings is 1. The first-order chi connectivity index (χ1) is 8.20. The molecule has 0 radical (unpaired) electrons. The van der Waals surface area contributed by atoms with E-state index < -0.39 is 11.7 Å². The lowest BCUT2D eigenvalue weighted by Gasteiger charge is -2.24. The van der Waals surface area contributed by atoms with Crippen LogP contribution in [0, 0.1) is 0 Å². The summed E-state index contributed by atoms with van der Waals surface area (Å²) < 4.78 is 5.15. The van der Waals surface area contributed by atoms with Crippen LogP contribution in [-0.2, 0) is 4.74 Å². The molecule has 0 bridgehead atoms. The number of Topliss-reactive ketones (excluding diaryl/α,β-unsaturated/α-hetero) is 1. The molecule has 100 valence electrons. The lowest BCUT2D eigenvalue weighted by Crippen LogP contribution is -2.37. The smallest absolute Gasteiger partial charge is 0.410 e. The predicted molar refractivity (Wildman–Crippen MR) is 72.5 cm³/mol. The molecular weight excluding hydrogens is 274 g/mol. The maximum Gasteiger partial charge on any atom is 0.410 e. The molecule has 0 unspecified atom stereocenters. The molecule has 0 N–H and O–H groups in total. The van der Waals surface area contributed by atoms with Crippen molar-refractivity contribution in [3.05, 3.63) is 21.3 Å². The normalized spacial score (nSPS) is 11.2. The van der Waals surface area contributed by atoms with Crippen LogP contribution >= 0.6 is 22.9 Å². The van der Waals surface area contributed by atoms with Crippen molar-refractivity contribution in [2.45, 2.75) is 26.4 Å². The Hall–Kier alpha value is -1.07. The van der Waals surface area contributed by atoms with Gasteiger partial charge in [-0.05, 0) is 32.2 Å². The zero-order chi connectivity index (χ0) is 13.9. The fourth-order valence-electron chi connectivity index (χ4n) is 1.18. The van der Waals surface area contributed by atoms with E-state index in [1.165, 1.54) is 23.3 Å². The van der Waals surface area contributed by atoms with Crippen molar-refractivity contribution < 1.29 is 14.3 Å². The Morgan fingerprint density at radius 2 is 2.06 bits per heavy atom. The zero-order valence-electron chi connectivity index (χ0n) is 10.8. The molecule has 4 nitrogen and oxygen atoms in total. The second-order valence-corrected chi connectivity index (χ2v) is 6.18.